The molecule has 1 aromatic carbocycles. The van der Waals surface area contributed by atoms with Gasteiger partial charge in [0.2, 0.25) is 5.78 Å². The van der Waals surface area contributed by atoms with Gasteiger partial charge < -0.3 is 5.11 Å². The molecule has 1 N–H and O–H groups in total. The Morgan fingerprint density at radius 1 is 1.00 bits per heavy atom. The Morgan fingerprint density at radius 2 is 1.57 bits per heavy atom. The molecule has 0 saturated heterocycles. The van der Waals surface area contributed by atoms with Crippen molar-refractivity contribution in [2.24, 2.45) is 0 Å². The Balaban J connectivity index is 0.000000980. The average Bonchev–Trinajstić information content (AvgIpc) is 2.15. The van der Waals surface area contributed by atoms with Crippen LogP contribution in [0.5, 0.6) is 0 Å². The van der Waals surface area contributed by atoms with Crippen molar-refractivity contribution < 1.29 is 14.7 Å². The molecule has 1 aromatic rings. The van der Waals surface area contributed by atoms with E-state index in [0.29, 0.717) is 5.56 Å². The van der Waals surface area contributed by atoms with Crippen molar-refractivity contribution in [1.82, 2.24) is 0 Å². The van der Waals surface area contributed by atoms with Crippen LogP contribution in [0.4, 0.5) is 0 Å². The topological polar surface area (TPSA) is 54.4 Å². The number of aliphatic hydroxyl groups is 1. The summed E-state index contributed by atoms with van der Waals surface area (Å²) >= 11 is 0. The van der Waals surface area contributed by atoms with E-state index in [1.807, 2.05) is 0 Å². The summed E-state index contributed by atoms with van der Waals surface area (Å²) in [7, 11) is 0. The molecular weight excluding hydrogens is 191 g/mol. The van der Waals surface area contributed by atoms with Gasteiger partial charge in [-0.2, -0.15) is 0 Å². The predicted molar refractivity (Wildman–Crippen MR) is 53.0 cm³/mol. The first kappa shape index (κ1) is 11.2. The van der Waals surface area contributed by atoms with Crippen LogP contribution in [0.25, 0.3) is 0 Å². The van der Waals surface area contributed by atoms with Gasteiger partial charge in [0.15, 0.2) is 11.5 Å². The zero-order valence-electron chi connectivity index (χ0n) is 6.65. The Morgan fingerprint density at radius 3 is 2.21 bits per heavy atom. The molecule has 0 fully saturated rings. The van der Waals surface area contributed by atoms with E-state index in [0.717, 1.165) is 6.08 Å². The Bertz CT molecular complexity index is 435. The van der Waals surface area contributed by atoms with Crippen LogP contribution in [-0.4, -0.2) is 46.2 Å². The zero-order valence-corrected chi connectivity index (χ0v) is 6.65. The zero-order chi connectivity index (χ0) is 9.42. The molecule has 14 heavy (non-hydrogen) atoms. The maximum absolute atomic E-state index is 11.3. The summed E-state index contributed by atoms with van der Waals surface area (Å²) in [5.74, 6) is -1.30. The van der Waals surface area contributed by atoms with Crippen LogP contribution >= 0.6 is 0 Å². The van der Waals surface area contributed by atoms with Gasteiger partial charge in [-0.15, -0.1) is 0 Å². The van der Waals surface area contributed by atoms with Crippen molar-refractivity contribution in [3.8, 4) is 0 Å². The Labute approximate surface area is 103 Å². The Hall–Kier alpha value is -0.900. The molecule has 0 aromatic heterocycles. The number of allylic oxidation sites excluding steroid dienone is 2. The van der Waals surface area contributed by atoms with Crippen molar-refractivity contribution in [2.75, 3.05) is 0 Å². The summed E-state index contributed by atoms with van der Waals surface area (Å²) in [5, 5.41) is 9.09. The number of aliphatic hydroxyl groups excluding tert-OH is 1. The van der Waals surface area contributed by atoms with Crippen LogP contribution < -0.4 is 0 Å². The molecule has 0 bridgehead atoms. The number of hydrogen-bond acceptors (Lipinski definition) is 3. The van der Waals surface area contributed by atoms with E-state index in [4.69, 9.17) is 5.11 Å². The molecule has 66 valence electrons. The molecule has 0 aliphatic heterocycles. The minimum atomic E-state index is -0.491. The normalized spacial score (nSPS) is 14.1. The second-order valence-corrected chi connectivity index (χ2v) is 2.77. The van der Waals surface area contributed by atoms with Gasteiger partial charge in [0.1, 0.15) is 0 Å². The molecular formula is C10H7NaO3. The summed E-state index contributed by atoms with van der Waals surface area (Å²) in [6.45, 7) is 0. The third-order valence-corrected chi connectivity index (χ3v) is 1.94. The van der Waals surface area contributed by atoms with Crippen molar-refractivity contribution in [1.29, 1.82) is 0 Å². The van der Waals surface area contributed by atoms with E-state index < -0.39 is 11.5 Å². The van der Waals surface area contributed by atoms with E-state index in [1.54, 1.807) is 18.2 Å². The van der Waals surface area contributed by atoms with Crippen molar-refractivity contribution in [3.05, 3.63) is 47.2 Å². The number of carbonyl (C=O) groups is 2. The van der Waals surface area contributed by atoms with Gasteiger partial charge in [-0.1, -0.05) is 24.3 Å². The predicted octanol–water partition coefficient (Wildman–Crippen LogP) is 0.859. The van der Waals surface area contributed by atoms with Crippen LogP contribution in [0.2, 0.25) is 0 Å². The number of Topliss-reactive ketones (excluding diaryl/α,β-unsaturated/α-hetero) is 1. The first-order valence-electron chi connectivity index (χ1n) is 3.79. The number of fused-ring (bicyclic) bond motifs is 1. The van der Waals surface area contributed by atoms with Crippen molar-refractivity contribution in [3.63, 3.8) is 0 Å². The summed E-state index contributed by atoms with van der Waals surface area (Å²) < 4.78 is 0. The van der Waals surface area contributed by atoms with Gasteiger partial charge in [-0.3, -0.25) is 9.59 Å². The average molecular weight is 198 g/mol. The fourth-order valence-corrected chi connectivity index (χ4v) is 1.30. The molecule has 1 aliphatic rings. The fraction of sp³-hybridized carbons (Fsp3) is 0. The fourth-order valence-electron chi connectivity index (χ4n) is 1.30. The number of ketones is 2. The molecule has 3 nitrogen and oxygen atoms in total. The molecule has 1 aliphatic carbocycles. The van der Waals surface area contributed by atoms with E-state index in [1.165, 1.54) is 6.07 Å². The van der Waals surface area contributed by atoms with Crippen LogP contribution in [0.3, 0.4) is 0 Å². The number of carbonyl (C=O) groups excluding carboxylic acids is 2. The van der Waals surface area contributed by atoms with E-state index in [9.17, 15) is 9.59 Å². The first-order valence-corrected chi connectivity index (χ1v) is 3.79. The monoisotopic (exact) mass is 198 g/mol. The number of rotatable bonds is 0. The van der Waals surface area contributed by atoms with E-state index >= 15 is 0 Å². The molecule has 0 unspecified atom stereocenters. The second-order valence-electron chi connectivity index (χ2n) is 2.77. The first-order chi connectivity index (χ1) is 6.20. The molecule has 0 heterocycles. The van der Waals surface area contributed by atoms with Crippen LogP contribution in [0.1, 0.15) is 20.7 Å². The third kappa shape index (κ3) is 1.66. The summed E-state index contributed by atoms with van der Waals surface area (Å²) in [6.07, 6.45) is 0.949. The second kappa shape index (κ2) is 4.09. The molecule has 0 spiro atoms. The van der Waals surface area contributed by atoms with Gasteiger partial charge in [0.05, 0.1) is 0 Å². The molecule has 4 heteroatoms. The summed E-state index contributed by atoms with van der Waals surface area (Å²) in [5.41, 5.74) is 0.623. The van der Waals surface area contributed by atoms with Crippen LogP contribution in [0, 0.1) is 0 Å². The number of hydrogen-bond donors (Lipinski definition) is 1. The molecule has 0 saturated carbocycles. The molecule has 0 atom stereocenters. The van der Waals surface area contributed by atoms with Gasteiger partial charge in [-0.05, 0) is 0 Å². The van der Waals surface area contributed by atoms with Gasteiger partial charge >= 0.3 is 29.6 Å². The molecule has 0 amide bonds. The molecule has 2 rings (SSSR count). The van der Waals surface area contributed by atoms with E-state index in [2.05, 4.69) is 0 Å². The van der Waals surface area contributed by atoms with Gasteiger partial charge in [0.25, 0.3) is 0 Å². The van der Waals surface area contributed by atoms with Gasteiger partial charge in [0, 0.05) is 17.2 Å². The van der Waals surface area contributed by atoms with Crippen molar-refractivity contribution in [2.45, 2.75) is 0 Å². The quantitative estimate of drug-likeness (QED) is 0.629. The summed E-state index contributed by atoms with van der Waals surface area (Å²) in [4.78, 5) is 22.5. The van der Waals surface area contributed by atoms with E-state index in [-0.39, 0.29) is 40.9 Å². The third-order valence-electron chi connectivity index (χ3n) is 1.94. The Kier molecular flexibility index (Phi) is 3.26. The summed E-state index contributed by atoms with van der Waals surface area (Å²) in [6, 6.07) is 6.43. The maximum atomic E-state index is 11.3. The van der Waals surface area contributed by atoms with Crippen LogP contribution in [0.15, 0.2) is 36.1 Å². The standard InChI is InChI=1S/C10H6O3.Na.H/c11-8-5-9(12)10(13)7-4-2-1-3-6(7)8;;/h1-5,12H;;. The number of benzene rings is 1. The minimum absolute atomic E-state index is 0. The van der Waals surface area contributed by atoms with Crippen LogP contribution in [-0.2, 0) is 0 Å². The van der Waals surface area contributed by atoms with Gasteiger partial charge in [-0.25, -0.2) is 0 Å². The molecule has 0 radical (unpaired) electrons. The van der Waals surface area contributed by atoms with Crippen molar-refractivity contribution >= 4 is 41.1 Å². The SMILES string of the molecule is O=C1C=C(O)C(=O)c2ccccc21.[NaH].